The minimum absolute atomic E-state index is 0.00872. The first-order chi connectivity index (χ1) is 10.8. The van der Waals surface area contributed by atoms with E-state index in [1.54, 1.807) is 37.3 Å². The number of hydrogen-bond donors (Lipinski definition) is 2. The summed E-state index contributed by atoms with van der Waals surface area (Å²) in [5.41, 5.74) is 6.20. The van der Waals surface area contributed by atoms with Crippen molar-refractivity contribution in [2.45, 2.75) is 26.3 Å². The number of aliphatic hydroxyl groups excluding tert-OH is 1. The lowest BCUT2D eigenvalue weighted by molar-refractivity contribution is -0.135. The summed E-state index contributed by atoms with van der Waals surface area (Å²) in [6.07, 6.45) is 2.08. The summed E-state index contributed by atoms with van der Waals surface area (Å²) < 4.78 is 24.3. The van der Waals surface area contributed by atoms with E-state index in [1.165, 1.54) is 6.92 Å². The van der Waals surface area contributed by atoms with Crippen LogP contribution in [0.2, 0.25) is 0 Å². The molecule has 1 aromatic carbocycles. The molecule has 0 radical (unpaired) electrons. The molecular formula is C15H21INO5P. The fourth-order valence-corrected chi connectivity index (χ4v) is 3.43. The zero-order valence-electron chi connectivity index (χ0n) is 13.1. The zero-order chi connectivity index (χ0) is 17.5. The fourth-order valence-electron chi connectivity index (χ4n) is 1.52. The highest BCUT2D eigenvalue weighted by molar-refractivity contribution is 14.1. The highest BCUT2D eigenvalue weighted by Gasteiger charge is 2.31. The molecule has 0 aliphatic carbocycles. The first-order valence-corrected chi connectivity index (χ1v) is 9.86. The van der Waals surface area contributed by atoms with Gasteiger partial charge in [-0.1, -0.05) is 11.6 Å². The minimum Gasteiger partial charge on any atom is -0.416 e. The average Bonchev–Trinajstić information content (AvgIpc) is 2.49. The van der Waals surface area contributed by atoms with Gasteiger partial charge in [-0.25, -0.2) is 4.57 Å². The van der Waals surface area contributed by atoms with E-state index in [0.29, 0.717) is 12.2 Å². The highest BCUT2D eigenvalue weighted by Crippen LogP contribution is 2.49. The smallest absolute Gasteiger partial charge is 0.416 e. The van der Waals surface area contributed by atoms with Gasteiger partial charge in [0.1, 0.15) is 11.8 Å². The van der Waals surface area contributed by atoms with Gasteiger partial charge >= 0.3 is 13.6 Å². The molecule has 0 fully saturated rings. The van der Waals surface area contributed by atoms with Crippen LogP contribution in [0.4, 0.5) is 0 Å². The number of halogens is 1. The molecule has 1 aromatic rings. The van der Waals surface area contributed by atoms with Gasteiger partial charge in [0.15, 0.2) is 0 Å². The van der Waals surface area contributed by atoms with Gasteiger partial charge in [0, 0.05) is 3.57 Å². The van der Waals surface area contributed by atoms with Crippen molar-refractivity contribution in [2.24, 2.45) is 5.73 Å². The summed E-state index contributed by atoms with van der Waals surface area (Å²) in [6.45, 7) is 3.12. The minimum atomic E-state index is -3.69. The number of nitrogens with two attached hydrogens (primary N) is 1. The molecule has 0 bridgehead atoms. The van der Waals surface area contributed by atoms with Crippen LogP contribution in [0, 0.1) is 3.57 Å². The van der Waals surface area contributed by atoms with E-state index >= 15 is 0 Å². The average molecular weight is 453 g/mol. The van der Waals surface area contributed by atoms with Crippen molar-refractivity contribution in [1.29, 1.82) is 0 Å². The first kappa shape index (κ1) is 20.2. The summed E-state index contributed by atoms with van der Waals surface area (Å²) in [6, 6.07) is 6.01. The van der Waals surface area contributed by atoms with Gasteiger partial charge in [0.25, 0.3) is 0 Å². The van der Waals surface area contributed by atoms with Gasteiger partial charge in [0.05, 0.1) is 12.8 Å². The molecule has 0 amide bonds. The molecule has 0 saturated carbocycles. The molecular weight excluding hydrogens is 432 g/mol. The molecule has 8 heteroatoms. The molecule has 23 heavy (non-hydrogen) atoms. The van der Waals surface area contributed by atoms with Gasteiger partial charge in [-0.05, 0) is 67.1 Å². The lowest BCUT2D eigenvalue weighted by atomic mass is 10.3. The lowest BCUT2D eigenvalue weighted by Gasteiger charge is -2.19. The molecule has 0 aromatic heterocycles. The monoisotopic (exact) mass is 453 g/mol. The Kier molecular flexibility index (Phi) is 8.25. The van der Waals surface area contributed by atoms with Crippen LogP contribution in [0.25, 0.3) is 0 Å². The van der Waals surface area contributed by atoms with E-state index in [-0.39, 0.29) is 12.8 Å². The maximum atomic E-state index is 12.8. The number of allylic oxidation sites excluding steroid dienone is 1. The van der Waals surface area contributed by atoms with E-state index in [0.717, 1.165) is 9.14 Å². The summed E-state index contributed by atoms with van der Waals surface area (Å²) in [5, 5.41) is 8.97. The SMILES string of the molecule is C/C(=C\CCP(=O)(OC(=O)[C@H](C)N)Oc1ccc(I)cc1)CO. The van der Waals surface area contributed by atoms with Crippen LogP contribution < -0.4 is 10.3 Å². The van der Waals surface area contributed by atoms with Crippen LogP contribution in [0.1, 0.15) is 20.3 Å². The second-order valence-corrected chi connectivity index (χ2v) is 8.36. The molecule has 0 aliphatic heterocycles. The number of rotatable bonds is 8. The number of carbonyl (C=O) groups excluding carboxylic acids is 1. The summed E-state index contributed by atoms with van der Waals surface area (Å²) >= 11 is 2.14. The van der Waals surface area contributed by atoms with Crippen LogP contribution in [0.3, 0.4) is 0 Å². The fraction of sp³-hybridized carbons (Fsp3) is 0.400. The number of hydrogen-bond acceptors (Lipinski definition) is 6. The van der Waals surface area contributed by atoms with Crippen LogP contribution in [0.15, 0.2) is 35.9 Å². The van der Waals surface area contributed by atoms with Crippen molar-refractivity contribution in [1.82, 2.24) is 0 Å². The van der Waals surface area contributed by atoms with Crippen molar-refractivity contribution < 1.29 is 23.5 Å². The topological polar surface area (TPSA) is 98.9 Å². The zero-order valence-corrected chi connectivity index (χ0v) is 16.1. The molecule has 0 heterocycles. The Hall–Kier alpha value is -0.890. The summed E-state index contributed by atoms with van der Waals surface area (Å²) in [5.74, 6) is -0.421. The molecule has 1 unspecified atom stereocenters. The Bertz CT molecular complexity index is 600. The Morgan fingerprint density at radius 2 is 2.04 bits per heavy atom. The van der Waals surface area contributed by atoms with Crippen LogP contribution >= 0.6 is 30.2 Å². The Morgan fingerprint density at radius 1 is 1.43 bits per heavy atom. The van der Waals surface area contributed by atoms with E-state index in [4.69, 9.17) is 19.9 Å². The van der Waals surface area contributed by atoms with E-state index < -0.39 is 19.6 Å². The molecule has 3 N–H and O–H groups in total. The van der Waals surface area contributed by atoms with E-state index in [9.17, 15) is 9.36 Å². The highest BCUT2D eigenvalue weighted by atomic mass is 127. The second-order valence-electron chi connectivity index (χ2n) is 5.08. The summed E-state index contributed by atoms with van der Waals surface area (Å²) in [4.78, 5) is 11.7. The van der Waals surface area contributed by atoms with Crippen molar-refractivity contribution in [2.75, 3.05) is 12.8 Å². The Balaban J connectivity index is 2.88. The summed E-state index contributed by atoms with van der Waals surface area (Å²) in [7, 11) is -3.69. The standard InChI is InChI=1S/C15H21INO5P/c1-11(10-18)4-3-9-23(20,22-15(19)12(2)17)21-14-7-5-13(16)6-8-14/h4-8,12,18H,3,9-10,17H2,1-2H3/b11-4+/t12-,23?/m0/s1. The molecule has 0 spiro atoms. The predicted octanol–water partition coefficient (Wildman–Crippen LogP) is 3.08. The van der Waals surface area contributed by atoms with Crippen LogP contribution in [0.5, 0.6) is 5.75 Å². The Labute approximate surface area is 149 Å². The second kappa shape index (κ2) is 9.42. The van der Waals surface area contributed by atoms with E-state index in [1.807, 2.05) is 0 Å². The Morgan fingerprint density at radius 3 is 2.57 bits per heavy atom. The first-order valence-electron chi connectivity index (χ1n) is 7.05. The largest absolute Gasteiger partial charge is 0.433 e. The van der Waals surface area contributed by atoms with Gasteiger partial charge < -0.3 is 19.9 Å². The van der Waals surface area contributed by atoms with Crippen molar-refractivity contribution in [3.05, 3.63) is 39.5 Å². The van der Waals surface area contributed by atoms with Crippen molar-refractivity contribution in [3.63, 3.8) is 0 Å². The molecule has 0 aliphatic rings. The normalized spacial score (nSPS) is 15.6. The third-order valence-corrected chi connectivity index (χ3v) is 5.28. The van der Waals surface area contributed by atoms with Crippen molar-refractivity contribution in [3.8, 4) is 5.75 Å². The van der Waals surface area contributed by atoms with E-state index in [2.05, 4.69) is 22.6 Å². The van der Waals surface area contributed by atoms with Gasteiger partial charge in [-0.15, -0.1) is 0 Å². The number of aliphatic hydroxyl groups is 1. The predicted molar refractivity (Wildman–Crippen MR) is 97.5 cm³/mol. The molecule has 6 nitrogen and oxygen atoms in total. The third-order valence-electron chi connectivity index (χ3n) is 2.80. The maximum absolute atomic E-state index is 12.8. The van der Waals surface area contributed by atoms with Crippen LogP contribution in [-0.2, 0) is 13.9 Å². The quantitative estimate of drug-likeness (QED) is 0.357. The third kappa shape index (κ3) is 7.48. The van der Waals surface area contributed by atoms with Crippen molar-refractivity contribution >= 4 is 36.2 Å². The lowest BCUT2D eigenvalue weighted by Crippen LogP contribution is -2.28. The molecule has 0 saturated heterocycles. The number of carbonyl (C=O) groups is 1. The van der Waals surface area contributed by atoms with Crippen LogP contribution in [-0.4, -0.2) is 29.9 Å². The molecule has 1 rings (SSSR count). The van der Waals surface area contributed by atoms with Gasteiger partial charge in [-0.2, -0.15) is 0 Å². The van der Waals surface area contributed by atoms with Gasteiger partial charge in [0.2, 0.25) is 0 Å². The molecule has 128 valence electrons. The van der Waals surface area contributed by atoms with Gasteiger partial charge in [-0.3, -0.25) is 4.79 Å². The maximum Gasteiger partial charge on any atom is 0.433 e. The molecule has 2 atom stereocenters. The number of benzene rings is 1.